The van der Waals surface area contributed by atoms with Crippen LogP contribution in [0.25, 0.3) is 0 Å². The van der Waals surface area contributed by atoms with Gasteiger partial charge in [0.05, 0.1) is 18.7 Å². The molecule has 30 heavy (non-hydrogen) atoms. The molecule has 0 aliphatic heterocycles. The lowest BCUT2D eigenvalue weighted by atomic mass is 10.0. The second kappa shape index (κ2) is 9.83. The summed E-state index contributed by atoms with van der Waals surface area (Å²) in [4.78, 5) is 31.1. The Hall–Kier alpha value is -3.47. The molecule has 3 aromatic rings. The molecule has 0 bridgehead atoms. The van der Waals surface area contributed by atoms with Gasteiger partial charge in [-0.15, -0.1) is 0 Å². The van der Waals surface area contributed by atoms with Crippen molar-refractivity contribution >= 4 is 17.6 Å². The van der Waals surface area contributed by atoms with Crippen LogP contribution in [-0.4, -0.2) is 23.5 Å². The largest absolute Gasteiger partial charge is 0.462 e. The van der Waals surface area contributed by atoms with Gasteiger partial charge in [-0.3, -0.25) is 9.78 Å². The third kappa shape index (κ3) is 5.11. The van der Waals surface area contributed by atoms with E-state index in [1.165, 1.54) is 5.56 Å². The van der Waals surface area contributed by atoms with Crippen molar-refractivity contribution in [2.45, 2.75) is 33.2 Å². The number of hydrogen-bond acceptors (Lipinski definition) is 4. The quantitative estimate of drug-likeness (QED) is 0.508. The van der Waals surface area contributed by atoms with Crippen molar-refractivity contribution < 1.29 is 14.3 Å². The summed E-state index contributed by atoms with van der Waals surface area (Å²) in [5.41, 5.74) is 3.93. The number of esters is 1. The molecular weight excluding hydrogens is 376 g/mol. The SMILES string of the molecule is CCOC(=O)c1ccc(N(Cc2ccncc2)C(=O)c2ccc(C(C)C)cc2)cc1. The molecule has 0 atom stereocenters. The minimum atomic E-state index is -0.375. The van der Waals surface area contributed by atoms with Gasteiger partial charge >= 0.3 is 5.97 Å². The number of benzene rings is 2. The standard InChI is InChI=1S/C25H26N2O3/c1-4-30-25(29)22-9-11-23(12-10-22)27(17-19-13-15-26-16-14-19)24(28)21-7-5-20(6-8-21)18(2)3/h5-16,18H,4,17H2,1-3H3. The van der Waals surface area contributed by atoms with Gasteiger partial charge in [-0.1, -0.05) is 26.0 Å². The molecule has 0 saturated heterocycles. The molecule has 0 spiro atoms. The van der Waals surface area contributed by atoms with Crippen LogP contribution in [0.4, 0.5) is 5.69 Å². The highest BCUT2D eigenvalue weighted by atomic mass is 16.5. The molecule has 5 nitrogen and oxygen atoms in total. The van der Waals surface area contributed by atoms with E-state index in [0.717, 1.165) is 5.56 Å². The number of pyridine rings is 1. The minimum Gasteiger partial charge on any atom is -0.462 e. The highest BCUT2D eigenvalue weighted by molar-refractivity contribution is 6.06. The van der Waals surface area contributed by atoms with Crippen LogP contribution < -0.4 is 4.90 Å². The number of nitrogens with zero attached hydrogens (tertiary/aromatic N) is 2. The molecule has 0 saturated carbocycles. The van der Waals surface area contributed by atoms with Gasteiger partial charge in [0.25, 0.3) is 5.91 Å². The van der Waals surface area contributed by atoms with Gasteiger partial charge in [-0.05, 0) is 72.5 Å². The number of aromatic nitrogens is 1. The minimum absolute atomic E-state index is 0.106. The number of carbonyl (C=O) groups excluding carboxylic acids is 2. The highest BCUT2D eigenvalue weighted by Gasteiger charge is 2.19. The number of amides is 1. The van der Waals surface area contributed by atoms with Crippen molar-refractivity contribution in [1.82, 2.24) is 4.98 Å². The molecule has 0 aliphatic rings. The fourth-order valence-corrected chi connectivity index (χ4v) is 3.11. The molecule has 1 aromatic heterocycles. The van der Waals surface area contributed by atoms with E-state index < -0.39 is 0 Å². The van der Waals surface area contributed by atoms with Gasteiger partial charge < -0.3 is 9.64 Å². The van der Waals surface area contributed by atoms with Gasteiger partial charge in [0.15, 0.2) is 0 Å². The first-order valence-corrected chi connectivity index (χ1v) is 10.1. The monoisotopic (exact) mass is 402 g/mol. The van der Waals surface area contributed by atoms with Gasteiger partial charge in [0, 0.05) is 23.6 Å². The smallest absolute Gasteiger partial charge is 0.338 e. The summed E-state index contributed by atoms with van der Waals surface area (Å²) in [5, 5.41) is 0. The number of ether oxygens (including phenoxy) is 1. The van der Waals surface area contributed by atoms with Crippen LogP contribution in [0.3, 0.4) is 0 Å². The van der Waals surface area contributed by atoms with Crippen molar-refractivity contribution in [3.63, 3.8) is 0 Å². The molecule has 0 unspecified atom stereocenters. The Morgan fingerprint density at radius 1 is 0.900 bits per heavy atom. The maximum atomic E-state index is 13.4. The first kappa shape index (κ1) is 21.2. The van der Waals surface area contributed by atoms with Crippen LogP contribution in [0.5, 0.6) is 0 Å². The first-order chi connectivity index (χ1) is 14.5. The number of carbonyl (C=O) groups is 2. The van der Waals surface area contributed by atoms with E-state index in [1.807, 2.05) is 36.4 Å². The lowest BCUT2D eigenvalue weighted by Crippen LogP contribution is -2.30. The Morgan fingerprint density at radius 2 is 1.50 bits per heavy atom. The summed E-state index contributed by atoms with van der Waals surface area (Å²) < 4.78 is 5.04. The van der Waals surface area contributed by atoms with E-state index in [0.29, 0.717) is 35.9 Å². The van der Waals surface area contributed by atoms with Gasteiger partial charge in [-0.25, -0.2) is 4.79 Å². The molecule has 0 radical (unpaired) electrons. The molecule has 1 heterocycles. The highest BCUT2D eigenvalue weighted by Crippen LogP contribution is 2.23. The van der Waals surface area contributed by atoms with Crippen LogP contribution >= 0.6 is 0 Å². The van der Waals surface area contributed by atoms with Crippen LogP contribution in [0.15, 0.2) is 73.1 Å². The van der Waals surface area contributed by atoms with E-state index in [9.17, 15) is 9.59 Å². The fraction of sp³-hybridized carbons (Fsp3) is 0.240. The molecule has 5 heteroatoms. The second-order valence-corrected chi connectivity index (χ2v) is 7.29. The lowest BCUT2D eigenvalue weighted by molar-refractivity contribution is 0.0526. The number of hydrogen-bond donors (Lipinski definition) is 0. The number of anilines is 1. The predicted octanol–water partition coefficient (Wildman–Crippen LogP) is 5.23. The summed E-state index contributed by atoms with van der Waals surface area (Å²) in [6, 6.07) is 18.4. The Balaban J connectivity index is 1.92. The predicted molar refractivity (Wildman–Crippen MR) is 118 cm³/mol. The van der Waals surface area contributed by atoms with Crippen molar-refractivity contribution in [3.05, 3.63) is 95.3 Å². The zero-order valence-electron chi connectivity index (χ0n) is 17.5. The van der Waals surface area contributed by atoms with Crippen LogP contribution in [0, 0.1) is 0 Å². The lowest BCUT2D eigenvalue weighted by Gasteiger charge is -2.23. The zero-order chi connectivity index (χ0) is 21.5. The molecule has 0 fully saturated rings. The summed E-state index contributed by atoms with van der Waals surface area (Å²) in [6.45, 7) is 6.73. The Labute approximate surface area is 177 Å². The molecule has 1 amide bonds. The van der Waals surface area contributed by atoms with Crippen molar-refractivity contribution in [1.29, 1.82) is 0 Å². The zero-order valence-corrected chi connectivity index (χ0v) is 17.5. The van der Waals surface area contributed by atoms with Crippen LogP contribution in [-0.2, 0) is 11.3 Å². The van der Waals surface area contributed by atoms with Crippen molar-refractivity contribution in [3.8, 4) is 0 Å². The summed E-state index contributed by atoms with van der Waals surface area (Å²) in [6.07, 6.45) is 3.42. The molecule has 154 valence electrons. The maximum Gasteiger partial charge on any atom is 0.338 e. The topological polar surface area (TPSA) is 59.5 Å². The van der Waals surface area contributed by atoms with E-state index in [-0.39, 0.29) is 11.9 Å². The maximum absolute atomic E-state index is 13.4. The first-order valence-electron chi connectivity index (χ1n) is 10.1. The third-order valence-electron chi connectivity index (χ3n) is 4.85. The Morgan fingerprint density at radius 3 is 2.07 bits per heavy atom. The van der Waals surface area contributed by atoms with Crippen molar-refractivity contribution in [2.75, 3.05) is 11.5 Å². The third-order valence-corrected chi connectivity index (χ3v) is 4.85. The van der Waals surface area contributed by atoms with E-state index in [1.54, 1.807) is 48.5 Å². The van der Waals surface area contributed by atoms with Gasteiger partial charge in [0.2, 0.25) is 0 Å². The van der Waals surface area contributed by atoms with Gasteiger partial charge in [-0.2, -0.15) is 0 Å². The second-order valence-electron chi connectivity index (χ2n) is 7.29. The van der Waals surface area contributed by atoms with E-state index >= 15 is 0 Å². The van der Waals surface area contributed by atoms with Gasteiger partial charge in [0.1, 0.15) is 0 Å². The molecule has 2 aromatic carbocycles. The molecule has 0 N–H and O–H groups in total. The average Bonchev–Trinajstić information content (AvgIpc) is 2.78. The Bertz CT molecular complexity index is 981. The van der Waals surface area contributed by atoms with Crippen LogP contribution in [0.2, 0.25) is 0 Å². The van der Waals surface area contributed by atoms with Crippen LogP contribution in [0.1, 0.15) is 58.5 Å². The Kier molecular flexibility index (Phi) is 6.96. The summed E-state index contributed by atoms with van der Waals surface area (Å²) >= 11 is 0. The fourth-order valence-electron chi connectivity index (χ4n) is 3.11. The number of rotatable bonds is 7. The van der Waals surface area contributed by atoms with E-state index in [4.69, 9.17) is 4.74 Å². The van der Waals surface area contributed by atoms with E-state index in [2.05, 4.69) is 18.8 Å². The normalized spacial score (nSPS) is 10.7. The molecule has 0 aliphatic carbocycles. The average molecular weight is 402 g/mol. The molecule has 3 rings (SSSR count). The summed E-state index contributed by atoms with van der Waals surface area (Å²) in [7, 11) is 0. The summed E-state index contributed by atoms with van der Waals surface area (Å²) in [5.74, 6) is -0.0798. The molecular formula is C25H26N2O3. The van der Waals surface area contributed by atoms with Crippen molar-refractivity contribution in [2.24, 2.45) is 0 Å².